The molecular weight excluding hydrogens is 247 g/mol. The number of imidazole rings is 1. The van der Waals surface area contributed by atoms with Gasteiger partial charge >= 0.3 is 0 Å². The van der Waals surface area contributed by atoms with Gasteiger partial charge in [-0.15, -0.1) is 0 Å². The maximum atomic E-state index is 13.6. The van der Waals surface area contributed by atoms with Crippen molar-refractivity contribution in [2.75, 3.05) is 5.43 Å². The number of H-pyrrole nitrogens is 1. The van der Waals surface area contributed by atoms with Crippen molar-refractivity contribution < 1.29 is 4.39 Å². The SMILES string of the molecule is NNc1ncnc2nc(Cc3ccccc3F)[nH]c12. The molecule has 0 aliphatic heterocycles. The van der Waals surface area contributed by atoms with E-state index in [4.69, 9.17) is 5.84 Å². The van der Waals surface area contributed by atoms with Crippen LogP contribution in [-0.2, 0) is 6.42 Å². The smallest absolute Gasteiger partial charge is 0.183 e. The molecule has 1 aromatic carbocycles. The Balaban J connectivity index is 2.00. The number of rotatable bonds is 3. The highest BCUT2D eigenvalue weighted by Gasteiger charge is 2.10. The normalized spacial score (nSPS) is 10.8. The summed E-state index contributed by atoms with van der Waals surface area (Å²) in [7, 11) is 0. The van der Waals surface area contributed by atoms with E-state index < -0.39 is 0 Å². The summed E-state index contributed by atoms with van der Waals surface area (Å²) in [6.07, 6.45) is 1.72. The maximum Gasteiger partial charge on any atom is 0.183 e. The number of hydrogen-bond donors (Lipinski definition) is 3. The second-order valence-corrected chi connectivity index (χ2v) is 4.02. The van der Waals surface area contributed by atoms with E-state index in [1.54, 1.807) is 18.2 Å². The standard InChI is InChI=1S/C12H11FN6/c13-8-4-2-1-3-7(8)5-9-17-10-11(18-9)15-6-16-12(10)19-14/h1-4,6H,5,14H2,(H2,15,16,17,18,19). The predicted octanol–water partition coefficient (Wildman–Crippen LogP) is 1.37. The van der Waals surface area contributed by atoms with Crippen molar-refractivity contribution in [3.8, 4) is 0 Å². The number of aromatic amines is 1. The Morgan fingerprint density at radius 3 is 2.89 bits per heavy atom. The monoisotopic (exact) mass is 258 g/mol. The van der Waals surface area contributed by atoms with Crippen LogP contribution in [0.2, 0.25) is 0 Å². The second-order valence-electron chi connectivity index (χ2n) is 4.02. The molecule has 19 heavy (non-hydrogen) atoms. The van der Waals surface area contributed by atoms with Crippen LogP contribution in [0.25, 0.3) is 11.2 Å². The van der Waals surface area contributed by atoms with E-state index in [0.29, 0.717) is 34.8 Å². The Kier molecular flexibility index (Phi) is 2.81. The number of halogens is 1. The number of hydrazine groups is 1. The molecule has 96 valence electrons. The number of nitrogens with two attached hydrogens (primary N) is 1. The molecule has 0 bridgehead atoms. The molecule has 6 nitrogen and oxygen atoms in total. The van der Waals surface area contributed by atoms with Gasteiger partial charge in [-0.05, 0) is 11.6 Å². The third-order valence-corrected chi connectivity index (χ3v) is 2.79. The number of nitrogen functional groups attached to an aromatic ring is 1. The summed E-state index contributed by atoms with van der Waals surface area (Å²) in [6, 6.07) is 6.58. The minimum absolute atomic E-state index is 0.258. The van der Waals surface area contributed by atoms with Crippen LogP contribution in [-0.4, -0.2) is 19.9 Å². The zero-order valence-corrected chi connectivity index (χ0v) is 9.89. The average molecular weight is 258 g/mol. The lowest BCUT2D eigenvalue weighted by Gasteiger charge is -1.99. The van der Waals surface area contributed by atoms with Crippen molar-refractivity contribution in [1.82, 2.24) is 19.9 Å². The molecule has 0 aliphatic rings. The molecule has 0 fully saturated rings. The zero-order chi connectivity index (χ0) is 13.2. The first-order chi connectivity index (χ1) is 9.28. The highest BCUT2D eigenvalue weighted by Crippen LogP contribution is 2.18. The van der Waals surface area contributed by atoms with Gasteiger partial charge in [0.05, 0.1) is 0 Å². The third-order valence-electron chi connectivity index (χ3n) is 2.79. The molecule has 0 unspecified atom stereocenters. The third kappa shape index (κ3) is 2.11. The quantitative estimate of drug-likeness (QED) is 0.487. The van der Waals surface area contributed by atoms with E-state index in [1.165, 1.54) is 12.4 Å². The number of fused-ring (bicyclic) bond motifs is 1. The van der Waals surface area contributed by atoms with Crippen LogP contribution in [0.1, 0.15) is 11.4 Å². The molecule has 4 N–H and O–H groups in total. The Hall–Kier alpha value is -2.54. The van der Waals surface area contributed by atoms with Gasteiger partial charge in [-0.3, -0.25) is 0 Å². The van der Waals surface area contributed by atoms with Gasteiger partial charge in [0.1, 0.15) is 23.5 Å². The molecule has 0 spiro atoms. The minimum Gasteiger partial charge on any atom is -0.337 e. The van der Waals surface area contributed by atoms with Gasteiger partial charge in [0.25, 0.3) is 0 Å². The predicted molar refractivity (Wildman–Crippen MR) is 68.7 cm³/mol. The largest absolute Gasteiger partial charge is 0.337 e. The fraction of sp³-hybridized carbons (Fsp3) is 0.0833. The van der Waals surface area contributed by atoms with Crippen LogP contribution in [0.4, 0.5) is 10.2 Å². The molecule has 0 radical (unpaired) electrons. The summed E-state index contributed by atoms with van der Waals surface area (Å²) in [6.45, 7) is 0. The Bertz CT molecular complexity index is 723. The fourth-order valence-electron chi connectivity index (χ4n) is 1.89. The van der Waals surface area contributed by atoms with E-state index in [-0.39, 0.29) is 5.82 Å². The first-order valence-electron chi connectivity index (χ1n) is 5.67. The van der Waals surface area contributed by atoms with Gasteiger partial charge in [0.15, 0.2) is 11.5 Å². The summed E-state index contributed by atoms with van der Waals surface area (Å²) in [5.41, 5.74) is 4.13. The summed E-state index contributed by atoms with van der Waals surface area (Å²) in [4.78, 5) is 15.3. The summed E-state index contributed by atoms with van der Waals surface area (Å²) >= 11 is 0. The van der Waals surface area contributed by atoms with Gasteiger partial charge in [0, 0.05) is 6.42 Å². The molecule has 0 aliphatic carbocycles. The van der Waals surface area contributed by atoms with Gasteiger partial charge in [-0.25, -0.2) is 25.2 Å². The molecular formula is C12H11FN6. The van der Waals surface area contributed by atoms with Gasteiger partial charge in [-0.1, -0.05) is 18.2 Å². The van der Waals surface area contributed by atoms with E-state index in [1.807, 2.05) is 0 Å². The highest BCUT2D eigenvalue weighted by atomic mass is 19.1. The second kappa shape index (κ2) is 4.62. The van der Waals surface area contributed by atoms with Crippen molar-refractivity contribution in [2.45, 2.75) is 6.42 Å². The summed E-state index contributed by atoms with van der Waals surface area (Å²) < 4.78 is 13.6. The lowest BCUT2D eigenvalue weighted by atomic mass is 10.1. The number of anilines is 1. The highest BCUT2D eigenvalue weighted by molar-refractivity contribution is 5.82. The van der Waals surface area contributed by atoms with Crippen LogP contribution in [0.3, 0.4) is 0 Å². The minimum atomic E-state index is -0.258. The molecule has 0 atom stereocenters. The van der Waals surface area contributed by atoms with Crippen molar-refractivity contribution in [1.29, 1.82) is 0 Å². The number of nitrogens with zero attached hydrogens (tertiary/aromatic N) is 3. The van der Waals surface area contributed by atoms with E-state index in [9.17, 15) is 4.39 Å². The number of benzene rings is 1. The molecule has 3 rings (SSSR count). The van der Waals surface area contributed by atoms with Crippen LogP contribution in [0, 0.1) is 5.82 Å². The average Bonchev–Trinajstić information content (AvgIpc) is 2.83. The number of aromatic nitrogens is 4. The molecule has 2 aromatic heterocycles. The number of nitrogens with one attached hydrogen (secondary N) is 2. The number of hydrogen-bond acceptors (Lipinski definition) is 5. The summed E-state index contributed by atoms with van der Waals surface area (Å²) in [5.74, 6) is 6.16. The maximum absolute atomic E-state index is 13.6. The van der Waals surface area contributed by atoms with Crippen LogP contribution in [0.5, 0.6) is 0 Å². The van der Waals surface area contributed by atoms with Gasteiger partial charge in [-0.2, -0.15) is 0 Å². The van der Waals surface area contributed by atoms with Gasteiger partial charge < -0.3 is 10.4 Å². The fourth-order valence-corrected chi connectivity index (χ4v) is 1.89. The molecule has 0 saturated carbocycles. The van der Waals surface area contributed by atoms with E-state index in [0.717, 1.165) is 0 Å². The summed E-state index contributed by atoms with van der Waals surface area (Å²) in [5, 5.41) is 0. The molecule has 0 saturated heterocycles. The van der Waals surface area contributed by atoms with Crippen LogP contribution < -0.4 is 11.3 Å². The first kappa shape index (κ1) is 11.5. The van der Waals surface area contributed by atoms with Gasteiger partial charge in [0.2, 0.25) is 0 Å². The lowest BCUT2D eigenvalue weighted by molar-refractivity contribution is 0.612. The van der Waals surface area contributed by atoms with Crippen LogP contribution >= 0.6 is 0 Å². The zero-order valence-electron chi connectivity index (χ0n) is 9.89. The van der Waals surface area contributed by atoms with Crippen LogP contribution in [0.15, 0.2) is 30.6 Å². The Morgan fingerprint density at radius 2 is 2.11 bits per heavy atom. The topological polar surface area (TPSA) is 92.5 Å². The van der Waals surface area contributed by atoms with Crippen molar-refractivity contribution in [3.63, 3.8) is 0 Å². The first-order valence-corrected chi connectivity index (χ1v) is 5.67. The van der Waals surface area contributed by atoms with Crippen molar-refractivity contribution in [2.24, 2.45) is 5.84 Å². The Labute approximate surface area is 107 Å². The van der Waals surface area contributed by atoms with E-state index >= 15 is 0 Å². The van der Waals surface area contributed by atoms with Crippen molar-refractivity contribution >= 4 is 17.0 Å². The molecule has 7 heteroatoms. The van der Waals surface area contributed by atoms with E-state index in [2.05, 4.69) is 25.4 Å². The molecule has 2 heterocycles. The van der Waals surface area contributed by atoms with Crippen molar-refractivity contribution in [3.05, 3.63) is 47.8 Å². The lowest BCUT2D eigenvalue weighted by Crippen LogP contribution is -2.09. The Morgan fingerprint density at radius 1 is 1.26 bits per heavy atom. The molecule has 3 aromatic rings. The molecule has 0 amide bonds.